The maximum absolute atomic E-state index is 13.2. The molecule has 0 aliphatic carbocycles. The number of hydrogen-bond acceptors (Lipinski definition) is 3. The Bertz CT molecular complexity index is 612. The summed E-state index contributed by atoms with van der Waals surface area (Å²) >= 11 is 0. The van der Waals surface area contributed by atoms with Crippen LogP contribution < -0.4 is 4.74 Å². The Balaban J connectivity index is 1.96. The number of aliphatic hydroxyl groups is 1. The lowest BCUT2D eigenvalue weighted by Crippen LogP contribution is -2.19. The fourth-order valence-corrected chi connectivity index (χ4v) is 2.35. The minimum atomic E-state index is -0.698. The SMILES string of the molecule is Oc1cccc(C2C[C@@H](O)c3ccc(F)cc3O2)c1. The van der Waals surface area contributed by atoms with Gasteiger partial charge in [-0.1, -0.05) is 12.1 Å². The van der Waals surface area contributed by atoms with Gasteiger partial charge in [0.2, 0.25) is 0 Å². The van der Waals surface area contributed by atoms with E-state index in [9.17, 15) is 14.6 Å². The molecular weight excluding hydrogens is 247 g/mol. The summed E-state index contributed by atoms with van der Waals surface area (Å²) in [6, 6.07) is 10.8. The van der Waals surface area contributed by atoms with Crippen LogP contribution in [0, 0.1) is 5.82 Å². The van der Waals surface area contributed by atoms with E-state index in [1.807, 2.05) is 0 Å². The maximum atomic E-state index is 13.2. The van der Waals surface area contributed by atoms with Crippen LogP contribution in [0.2, 0.25) is 0 Å². The van der Waals surface area contributed by atoms with E-state index in [4.69, 9.17) is 4.74 Å². The van der Waals surface area contributed by atoms with E-state index < -0.39 is 18.0 Å². The van der Waals surface area contributed by atoms with Crippen molar-refractivity contribution in [2.75, 3.05) is 0 Å². The van der Waals surface area contributed by atoms with Crippen LogP contribution in [-0.2, 0) is 0 Å². The number of halogens is 1. The van der Waals surface area contributed by atoms with Gasteiger partial charge < -0.3 is 14.9 Å². The molecule has 0 amide bonds. The number of aromatic hydroxyl groups is 1. The Morgan fingerprint density at radius 3 is 2.79 bits per heavy atom. The summed E-state index contributed by atoms with van der Waals surface area (Å²) in [6.45, 7) is 0. The predicted octanol–water partition coefficient (Wildman–Crippen LogP) is 3.09. The van der Waals surface area contributed by atoms with Gasteiger partial charge in [-0.25, -0.2) is 4.39 Å². The highest BCUT2D eigenvalue weighted by molar-refractivity contribution is 5.39. The van der Waals surface area contributed by atoms with Gasteiger partial charge in [-0.15, -0.1) is 0 Å². The van der Waals surface area contributed by atoms with Crippen molar-refractivity contribution in [1.29, 1.82) is 0 Å². The lowest BCUT2D eigenvalue weighted by molar-refractivity contribution is 0.0652. The molecule has 1 heterocycles. The molecule has 0 aromatic heterocycles. The van der Waals surface area contributed by atoms with Crippen molar-refractivity contribution in [3.05, 3.63) is 59.4 Å². The molecule has 1 aliphatic rings. The molecule has 2 atom stereocenters. The van der Waals surface area contributed by atoms with Crippen LogP contribution in [0.25, 0.3) is 0 Å². The van der Waals surface area contributed by atoms with Crippen molar-refractivity contribution in [3.63, 3.8) is 0 Å². The number of phenols is 1. The number of hydrogen-bond donors (Lipinski definition) is 2. The number of fused-ring (bicyclic) bond motifs is 1. The summed E-state index contributed by atoms with van der Waals surface area (Å²) in [6.07, 6.45) is -0.713. The average Bonchev–Trinajstić information content (AvgIpc) is 2.38. The van der Waals surface area contributed by atoms with Gasteiger partial charge in [-0.3, -0.25) is 0 Å². The number of aliphatic hydroxyl groups excluding tert-OH is 1. The molecule has 19 heavy (non-hydrogen) atoms. The molecule has 2 aromatic rings. The molecule has 3 nitrogen and oxygen atoms in total. The van der Waals surface area contributed by atoms with Crippen molar-refractivity contribution in [1.82, 2.24) is 0 Å². The van der Waals surface area contributed by atoms with Gasteiger partial charge in [0.25, 0.3) is 0 Å². The van der Waals surface area contributed by atoms with Gasteiger partial charge in [0, 0.05) is 18.1 Å². The number of benzene rings is 2. The van der Waals surface area contributed by atoms with E-state index in [1.54, 1.807) is 24.3 Å². The third kappa shape index (κ3) is 2.27. The fraction of sp³-hybridized carbons (Fsp3) is 0.200. The first-order chi connectivity index (χ1) is 9.13. The molecule has 4 heteroatoms. The topological polar surface area (TPSA) is 49.7 Å². The fourth-order valence-electron chi connectivity index (χ4n) is 2.35. The first-order valence-electron chi connectivity index (χ1n) is 6.06. The van der Waals surface area contributed by atoms with Gasteiger partial charge in [0.1, 0.15) is 23.4 Å². The summed E-state index contributed by atoms with van der Waals surface area (Å²) in [5, 5.41) is 19.6. The Kier molecular flexibility index (Phi) is 2.87. The molecule has 0 saturated heterocycles. The van der Waals surface area contributed by atoms with Crippen molar-refractivity contribution in [2.24, 2.45) is 0 Å². The molecule has 1 unspecified atom stereocenters. The number of ether oxygens (including phenoxy) is 1. The average molecular weight is 260 g/mol. The third-order valence-corrected chi connectivity index (χ3v) is 3.28. The summed E-state index contributed by atoms with van der Waals surface area (Å²) in [5.41, 5.74) is 1.35. The molecule has 2 N–H and O–H groups in total. The van der Waals surface area contributed by atoms with Crippen LogP contribution in [0.15, 0.2) is 42.5 Å². The second-order valence-electron chi connectivity index (χ2n) is 4.64. The van der Waals surface area contributed by atoms with E-state index in [-0.39, 0.29) is 5.75 Å². The van der Waals surface area contributed by atoms with Crippen molar-refractivity contribution in [3.8, 4) is 11.5 Å². The Morgan fingerprint density at radius 2 is 2.00 bits per heavy atom. The molecule has 1 aliphatic heterocycles. The molecule has 0 spiro atoms. The second kappa shape index (κ2) is 4.55. The highest BCUT2D eigenvalue weighted by atomic mass is 19.1. The van der Waals surface area contributed by atoms with E-state index in [2.05, 4.69) is 0 Å². The molecule has 0 bridgehead atoms. The molecule has 0 saturated carbocycles. The van der Waals surface area contributed by atoms with Gasteiger partial charge >= 0.3 is 0 Å². The molecule has 3 rings (SSSR count). The largest absolute Gasteiger partial charge is 0.508 e. The van der Waals surface area contributed by atoms with E-state index in [0.717, 1.165) is 5.56 Å². The summed E-state index contributed by atoms with van der Waals surface area (Å²) in [5.74, 6) is 0.0928. The van der Waals surface area contributed by atoms with Crippen molar-refractivity contribution < 1.29 is 19.3 Å². The first kappa shape index (κ1) is 12.0. The van der Waals surface area contributed by atoms with Crippen LogP contribution in [-0.4, -0.2) is 10.2 Å². The van der Waals surface area contributed by atoms with Crippen molar-refractivity contribution in [2.45, 2.75) is 18.6 Å². The Morgan fingerprint density at radius 1 is 1.16 bits per heavy atom. The molecule has 0 fully saturated rings. The maximum Gasteiger partial charge on any atom is 0.128 e. The quantitative estimate of drug-likeness (QED) is 0.828. The minimum absolute atomic E-state index is 0.139. The molecule has 2 aromatic carbocycles. The second-order valence-corrected chi connectivity index (χ2v) is 4.64. The zero-order valence-corrected chi connectivity index (χ0v) is 10.1. The van der Waals surface area contributed by atoms with Crippen LogP contribution in [0.5, 0.6) is 11.5 Å². The highest BCUT2D eigenvalue weighted by Crippen LogP contribution is 2.41. The van der Waals surface area contributed by atoms with E-state index >= 15 is 0 Å². The number of rotatable bonds is 1. The normalized spacial score (nSPS) is 21.6. The third-order valence-electron chi connectivity index (χ3n) is 3.28. The Labute approximate surface area is 109 Å². The minimum Gasteiger partial charge on any atom is -0.508 e. The lowest BCUT2D eigenvalue weighted by Gasteiger charge is -2.30. The van der Waals surface area contributed by atoms with Crippen LogP contribution >= 0.6 is 0 Å². The predicted molar refractivity (Wildman–Crippen MR) is 67.5 cm³/mol. The highest BCUT2D eigenvalue weighted by Gasteiger charge is 2.28. The van der Waals surface area contributed by atoms with Gasteiger partial charge in [0.15, 0.2) is 0 Å². The van der Waals surface area contributed by atoms with E-state index in [0.29, 0.717) is 17.7 Å². The molecular formula is C15H13FO3. The first-order valence-corrected chi connectivity index (χ1v) is 6.06. The van der Waals surface area contributed by atoms with Crippen LogP contribution in [0.4, 0.5) is 4.39 Å². The molecule has 98 valence electrons. The summed E-state index contributed by atoms with van der Waals surface area (Å²) in [4.78, 5) is 0. The lowest BCUT2D eigenvalue weighted by atomic mass is 9.95. The van der Waals surface area contributed by atoms with Gasteiger partial charge in [-0.2, -0.15) is 0 Å². The monoisotopic (exact) mass is 260 g/mol. The summed E-state index contributed by atoms with van der Waals surface area (Å²) in [7, 11) is 0. The standard InChI is InChI=1S/C15H13FO3/c16-10-4-5-12-13(18)8-14(19-15(12)7-10)9-2-1-3-11(17)6-9/h1-7,13-14,17-18H,8H2/t13-,14?/m1/s1. The van der Waals surface area contributed by atoms with Gasteiger partial charge in [-0.05, 0) is 29.8 Å². The smallest absolute Gasteiger partial charge is 0.128 e. The molecule has 0 radical (unpaired) electrons. The summed E-state index contributed by atoms with van der Waals surface area (Å²) < 4.78 is 18.9. The van der Waals surface area contributed by atoms with Gasteiger partial charge in [0.05, 0.1) is 6.10 Å². The van der Waals surface area contributed by atoms with E-state index in [1.165, 1.54) is 18.2 Å². The van der Waals surface area contributed by atoms with Crippen LogP contribution in [0.3, 0.4) is 0 Å². The zero-order chi connectivity index (χ0) is 13.4. The Hall–Kier alpha value is -2.07. The zero-order valence-electron chi connectivity index (χ0n) is 10.1. The number of phenolic OH excluding ortho intramolecular Hbond substituents is 1. The van der Waals surface area contributed by atoms with Crippen LogP contribution in [0.1, 0.15) is 29.8 Å². The van der Waals surface area contributed by atoms with Crippen molar-refractivity contribution >= 4 is 0 Å².